The fraction of sp³-hybridized carbons (Fsp3) is 0.321. The van der Waals surface area contributed by atoms with Crippen LogP contribution in [0.1, 0.15) is 50.7 Å². The zero-order valence-electron chi connectivity index (χ0n) is 20.6. The molecular weight excluding hydrogens is 443 g/mol. The maximum absolute atomic E-state index is 14.0. The number of amides is 3. The van der Waals surface area contributed by atoms with Gasteiger partial charge in [0.25, 0.3) is 0 Å². The van der Waals surface area contributed by atoms with Gasteiger partial charge in [0, 0.05) is 42.6 Å². The Morgan fingerprint density at radius 1 is 0.914 bits per heavy atom. The van der Waals surface area contributed by atoms with Gasteiger partial charge in [0.2, 0.25) is 5.91 Å². The molecule has 0 aliphatic rings. The number of hydrogen-bond donors (Lipinski definition) is 2. The molecule has 0 bridgehead atoms. The van der Waals surface area contributed by atoms with Crippen LogP contribution in [-0.2, 0) is 4.79 Å². The molecule has 1 aromatic heterocycles. The van der Waals surface area contributed by atoms with E-state index in [0.29, 0.717) is 5.69 Å². The van der Waals surface area contributed by atoms with E-state index in [2.05, 4.69) is 15.6 Å². The van der Waals surface area contributed by atoms with Crippen molar-refractivity contribution in [2.45, 2.75) is 51.6 Å². The Hall–Kier alpha value is -3.74. The maximum atomic E-state index is 14.0. The van der Waals surface area contributed by atoms with Crippen LogP contribution >= 0.6 is 0 Å². The Morgan fingerprint density at radius 3 is 2.20 bits per heavy atom. The van der Waals surface area contributed by atoms with Crippen LogP contribution in [0.4, 0.5) is 14.9 Å². The van der Waals surface area contributed by atoms with E-state index in [9.17, 15) is 14.0 Å². The monoisotopic (exact) mass is 476 g/mol. The molecule has 0 saturated carbocycles. The summed E-state index contributed by atoms with van der Waals surface area (Å²) >= 11 is 0. The second kappa shape index (κ2) is 12.1. The highest BCUT2D eigenvalue weighted by atomic mass is 19.1. The highest BCUT2D eigenvalue weighted by Gasteiger charge is 2.36. The van der Waals surface area contributed by atoms with Gasteiger partial charge < -0.3 is 15.5 Å². The highest BCUT2D eigenvalue weighted by molar-refractivity contribution is 5.89. The molecule has 6 nitrogen and oxygen atoms in total. The zero-order chi connectivity index (χ0) is 25.4. The fourth-order valence-electron chi connectivity index (χ4n) is 4.45. The number of benzene rings is 2. The number of aromatic nitrogens is 1. The van der Waals surface area contributed by atoms with E-state index in [-0.39, 0.29) is 30.5 Å². The number of nitrogens with zero attached hydrogens (tertiary/aromatic N) is 2. The first-order chi connectivity index (χ1) is 16.8. The van der Waals surface area contributed by atoms with E-state index in [0.717, 1.165) is 11.1 Å². The molecule has 0 aliphatic carbocycles. The average Bonchev–Trinajstić information content (AvgIpc) is 2.82. The molecule has 0 fully saturated rings. The molecule has 2 aromatic carbocycles. The SMILES string of the molecule is CC(C)N(C(=O)C(c1cccnc1)C(CNC(=O)Nc1cccc(F)c1)c1ccccc1)C(C)C. The second-order valence-corrected chi connectivity index (χ2v) is 9.06. The van der Waals surface area contributed by atoms with E-state index in [1.165, 1.54) is 18.2 Å². The third kappa shape index (κ3) is 6.88. The normalized spacial score (nSPS) is 12.8. The largest absolute Gasteiger partial charge is 0.337 e. The van der Waals surface area contributed by atoms with Gasteiger partial charge in [-0.2, -0.15) is 0 Å². The first-order valence-corrected chi connectivity index (χ1v) is 11.9. The van der Waals surface area contributed by atoms with Gasteiger partial charge in [-0.3, -0.25) is 9.78 Å². The summed E-state index contributed by atoms with van der Waals surface area (Å²) in [6, 6.07) is 18.6. The molecule has 2 unspecified atom stereocenters. The molecule has 7 heteroatoms. The van der Waals surface area contributed by atoms with Crippen molar-refractivity contribution >= 4 is 17.6 Å². The van der Waals surface area contributed by atoms with Gasteiger partial charge in [-0.1, -0.05) is 42.5 Å². The molecule has 184 valence electrons. The van der Waals surface area contributed by atoms with Crippen molar-refractivity contribution in [3.05, 3.63) is 96.1 Å². The Morgan fingerprint density at radius 2 is 1.60 bits per heavy atom. The predicted molar refractivity (Wildman–Crippen MR) is 137 cm³/mol. The van der Waals surface area contributed by atoms with Gasteiger partial charge >= 0.3 is 6.03 Å². The van der Waals surface area contributed by atoms with E-state index in [1.54, 1.807) is 18.5 Å². The Balaban J connectivity index is 1.95. The van der Waals surface area contributed by atoms with E-state index < -0.39 is 17.8 Å². The lowest BCUT2D eigenvalue weighted by atomic mass is 9.80. The second-order valence-electron chi connectivity index (χ2n) is 9.06. The van der Waals surface area contributed by atoms with Crippen LogP contribution in [0, 0.1) is 5.82 Å². The molecule has 2 atom stereocenters. The van der Waals surface area contributed by atoms with Crippen molar-refractivity contribution in [3.8, 4) is 0 Å². The molecule has 0 saturated heterocycles. The standard InChI is InChI=1S/C28H33FN4O2/c1-19(2)33(20(3)4)27(34)26(22-12-9-15-30-17-22)25(21-10-6-5-7-11-21)18-31-28(35)32-24-14-8-13-23(29)16-24/h5-17,19-20,25-26H,18H2,1-4H3,(H2,31,32,35). The Kier molecular flexibility index (Phi) is 8.95. The van der Waals surface area contributed by atoms with Crippen molar-refractivity contribution in [1.82, 2.24) is 15.2 Å². The number of anilines is 1. The van der Waals surface area contributed by atoms with Crippen LogP contribution < -0.4 is 10.6 Å². The van der Waals surface area contributed by atoms with E-state index in [4.69, 9.17) is 0 Å². The Labute approximate surface area is 206 Å². The fourth-order valence-corrected chi connectivity index (χ4v) is 4.45. The number of halogens is 1. The number of pyridine rings is 1. The molecule has 0 radical (unpaired) electrons. The summed E-state index contributed by atoms with van der Waals surface area (Å²) in [4.78, 5) is 32.9. The first kappa shape index (κ1) is 25.9. The van der Waals surface area contributed by atoms with Crippen LogP contribution in [-0.4, -0.2) is 40.5 Å². The Bertz CT molecular complexity index is 1100. The molecular formula is C28H33FN4O2. The number of carbonyl (C=O) groups is 2. The smallest absolute Gasteiger partial charge is 0.319 e. The number of urea groups is 1. The van der Waals surface area contributed by atoms with Crippen LogP contribution in [0.25, 0.3) is 0 Å². The minimum Gasteiger partial charge on any atom is -0.337 e. The molecule has 35 heavy (non-hydrogen) atoms. The molecule has 3 aromatic rings. The molecule has 0 aliphatic heterocycles. The van der Waals surface area contributed by atoms with Crippen LogP contribution in [0.2, 0.25) is 0 Å². The van der Waals surface area contributed by atoms with Crippen LogP contribution in [0.3, 0.4) is 0 Å². The molecule has 2 N–H and O–H groups in total. The predicted octanol–water partition coefficient (Wildman–Crippen LogP) is 5.56. The van der Waals surface area contributed by atoms with Gasteiger partial charge in [0.15, 0.2) is 0 Å². The molecule has 0 spiro atoms. The molecule has 3 amide bonds. The lowest BCUT2D eigenvalue weighted by molar-refractivity contribution is -0.137. The third-order valence-electron chi connectivity index (χ3n) is 5.87. The lowest BCUT2D eigenvalue weighted by Crippen LogP contribution is -2.47. The summed E-state index contributed by atoms with van der Waals surface area (Å²) in [6.45, 7) is 8.20. The summed E-state index contributed by atoms with van der Waals surface area (Å²) < 4.78 is 13.5. The van der Waals surface area contributed by atoms with E-state index in [1.807, 2.05) is 75.1 Å². The first-order valence-electron chi connectivity index (χ1n) is 11.9. The van der Waals surface area contributed by atoms with Gasteiger partial charge in [-0.15, -0.1) is 0 Å². The van der Waals surface area contributed by atoms with Gasteiger partial charge in [-0.05, 0) is 63.1 Å². The van der Waals surface area contributed by atoms with Crippen LogP contribution in [0.15, 0.2) is 79.1 Å². The number of hydrogen-bond acceptors (Lipinski definition) is 3. The summed E-state index contributed by atoms with van der Waals surface area (Å²) in [7, 11) is 0. The van der Waals surface area contributed by atoms with Crippen molar-refractivity contribution in [2.24, 2.45) is 0 Å². The summed E-state index contributed by atoms with van der Waals surface area (Å²) in [5.74, 6) is -1.38. The number of carbonyl (C=O) groups excluding carboxylic acids is 2. The van der Waals surface area contributed by atoms with Gasteiger partial charge in [0.05, 0.1) is 5.92 Å². The highest BCUT2D eigenvalue weighted by Crippen LogP contribution is 2.35. The quantitative estimate of drug-likeness (QED) is 0.425. The molecule has 1 heterocycles. The van der Waals surface area contributed by atoms with E-state index >= 15 is 0 Å². The van der Waals surface area contributed by atoms with Crippen molar-refractivity contribution in [2.75, 3.05) is 11.9 Å². The van der Waals surface area contributed by atoms with Gasteiger partial charge in [0.1, 0.15) is 5.82 Å². The topological polar surface area (TPSA) is 74.3 Å². The zero-order valence-corrected chi connectivity index (χ0v) is 20.6. The van der Waals surface area contributed by atoms with Crippen molar-refractivity contribution in [3.63, 3.8) is 0 Å². The summed E-state index contributed by atoms with van der Waals surface area (Å²) in [6.07, 6.45) is 3.39. The number of rotatable bonds is 9. The minimum atomic E-state index is -0.564. The number of nitrogens with one attached hydrogen (secondary N) is 2. The van der Waals surface area contributed by atoms with Crippen molar-refractivity contribution in [1.29, 1.82) is 0 Å². The van der Waals surface area contributed by atoms with Crippen molar-refractivity contribution < 1.29 is 14.0 Å². The third-order valence-corrected chi connectivity index (χ3v) is 5.87. The molecule has 3 rings (SSSR count). The minimum absolute atomic E-state index is 0.00216. The summed E-state index contributed by atoms with van der Waals surface area (Å²) in [5.41, 5.74) is 2.06. The van der Waals surface area contributed by atoms with Crippen LogP contribution in [0.5, 0.6) is 0 Å². The maximum Gasteiger partial charge on any atom is 0.319 e. The lowest BCUT2D eigenvalue weighted by Gasteiger charge is -2.37. The van der Waals surface area contributed by atoms with Gasteiger partial charge in [-0.25, -0.2) is 9.18 Å². The average molecular weight is 477 g/mol. The summed E-state index contributed by atoms with van der Waals surface area (Å²) in [5, 5.41) is 5.55.